The molecule has 1 aromatic rings. The standard InChI is InChI=1S/C17H31N3S/c1-17(2,3)16-7-6-15(21-16)14(12-18)20-10-8-13(9-11-20)19(4)5/h6-7,13-14H,8-12,18H2,1-5H3. The van der Waals surface area contributed by atoms with E-state index in [1.807, 2.05) is 11.3 Å². The summed E-state index contributed by atoms with van der Waals surface area (Å²) < 4.78 is 0. The summed E-state index contributed by atoms with van der Waals surface area (Å²) in [5.41, 5.74) is 6.34. The van der Waals surface area contributed by atoms with Crippen LogP contribution >= 0.6 is 11.3 Å². The van der Waals surface area contributed by atoms with Crippen molar-refractivity contribution >= 4 is 11.3 Å². The van der Waals surface area contributed by atoms with E-state index in [2.05, 4.69) is 56.8 Å². The number of piperidine rings is 1. The van der Waals surface area contributed by atoms with Crippen LogP contribution in [0.1, 0.15) is 49.4 Å². The quantitative estimate of drug-likeness (QED) is 0.928. The first kappa shape index (κ1) is 16.9. The molecule has 120 valence electrons. The number of thiophene rings is 1. The average molecular weight is 310 g/mol. The molecule has 1 aliphatic rings. The van der Waals surface area contributed by atoms with Crippen LogP contribution in [-0.2, 0) is 5.41 Å². The minimum Gasteiger partial charge on any atom is -0.329 e. The molecule has 0 aromatic carbocycles. The average Bonchev–Trinajstić information content (AvgIpc) is 2.90. The molecule has 2 N–H and O–H groups in total. The summed E-state index contributed by atoms with van der Waals surface area (Å²) in [4.78, 5) is 7.83. The van der Waals surface area contributed by atoms with Crippen molar-refractivity contribution in [1.82, 2.24) is 9.80 Å². The lowest BCUT2D eigenvalue weighted by Gasteiger charge is -2.39. The molecule has 0 bridgehead atoms. The molecule has 2 heterocycles. The molecule has 0 radical (unpaired) electrons. The smallest absolute Gasteiger partial charge is 0.0564 e. The summed E-state index contributed by atoms with van der Waals surface area (Å²) in [6.45, 7) is 9.88. The van der Waals surface area contributed by atoms with E-state index < -0.39 is 0 Å². The second kappa shape index (κ2) is 6.78. The lowest BCUT2D eigenvalue weighted by Crippen LogP contribution is -2.44. The monoisotopic (exact) mass is 309 g/mol. The summed E-state index contributed by atoms with van der Waals surface area (Å²) >= 11 is 1.94. The van der Waals surface area contributed by atoms with Gasteiger partial charge in [-0.05, 0) is 44.5 Å². The SMILES string of the molecule is CN(C)C1CCN(C(CN)c2ccc(C(C)(C)C)s2)CC1. The molecule has 2 rings (SSSR count). The Morgan fingerprint density at radius 1 is 1.29 bits per heavy atom. The molecule has 1 fully saturated rings. The Balaban J connectivity index is 2.05. The van der Waals surface area contributed by atoms with Crippen molar-refractivity contribution in [2.75, 3.05) is 33.7 Å². The Bertz CT molecular complexity index is 439. The highest BCUT2D eigenvalue weighted by Crippen LogP contribution is 2.35. The van der Waals surface area contributed by atoms with Gasteiger partial charge in [0.2, 0.25) is 0 Å². The summed E-state index contributed by atoms with van der Waals surface area (Å²) in [6.07, 6.45) is 2.50. The molecular formula is C17H31N3S. The van der Waals surface area contributed by atoms with Gasteiger partial charge >= 0.3 is 0 Å². The third-order valence-corrected chi connectivity index (χ3v) is 6.20. The Labute approximate surface area is 134 Å². The highest BCUT2D eigenvalue weighted by atomic mass is 32.1. The zero-order chi connectivity index (χ0) is 15.6. The molecule has 1 unspecified atom stereocenters. The largest absolute Gasteiger partial charge is 0.329 e. The van der Waals surface area contributed by atoms with E-state index in [9.17, 15) is 0 Å². The molecular weight excluding hydrogens is 278 g/mol. The van der Waals surface area contributed by atoms with Crippen LogP contribution in [0, 0.1) is 0 Å². The van der Waals surface area contributed by atoms with E-state index in [0.29, 0.717) is 6.04 Å². The van der Waals surface area contributed by atoms with Gasteiger partial charge in [-0.3, -0.25) is 4.90 Å². The molecule has 1 aliphatic heterocycles. The van der Waals surface area contributed by atoms with Crippen molar-refractivity contribution in [3.05, 3.63) is 21.9 Å². The Hall–Kier alpha value is -0.420. The Kier molecular flexibility index (Phi) is 5.47. The van der Waals surface area contributed by atoms with Crippen LogP contribution in [0.3, 0.4) is 0 Å². The molecule has 21 heavy (non-hydrogen) atoms. The van der Waals surface area contributed by atoms with Crippen molar-refractivity contribution in [3.63, 3.8) is 0 Å². The van der Waals surface area contributed by atoms with E-state index in [4.69, 9.17) is 5.73 Å². The first-order valence-electron chi connectivity index (χ1n) is 8.03. The summed E-state index contributed by atoms with van der Waals surface area (Å²) in [7, 11) is 4.38. The predicted octanol–water partition coefficient (Wildman–Crippen LogP) is 3.07. The fourth-order valence-electron chi connectivity index (χ4n) is 3.09. The van der Waals surface area contributed by atoms with Gasteiger partial charge in [0.15, 0.2) is 0 Å². The first-order valence-corrected chi connectivity index (χ1v) is 8.85. The third kappa shape index (κ3) is 4.07. The maximum absolute atomic E-state index is 6.10. The van der Waals surface area contributed by atoms with Crippen molar-refractivity contribution in [3.8, 4) is 0 Å². The maximum atomic E-state index is 6.10. The minimum atomic E-state index is 0.236. The van der Waals surface area contributed by atoms with Gasteiger partial charge in [0.1, 0.15) is 0 Å². The van der Waals surface area contributed by atoms with Gasteiger partial charge < -0.3 is 10.6 Å². The fraction of sp³-hybridized carbons (Fsp3) is 0.765. The first-order chi connectivity index (χ1) is 9.82. The predicted molar refractivity (Wildman–Crippen MR) is 93.1 cm³/mol. The number of rotatable bonds is 4. The molecule has 1 atom stereocenters. The fourth-order valence-corrected chi connectivity index (χ4v) is 4.31. The molecule has 0 aliphatic carbocycles. The number of nitrogens with two attached hydrogens (primary N) is 1. The second-order valence-electron chi connectivity index (χ2n) is 7.43. The van der Waals surface area contributed by atoms with Gasteiger partial charge in [0, 0.05) is 35.4 Å². The van der Waals surface area contributed by atoms with Gasteiger partial charge in [0.25, 0.3) is 0 Å². The Morgan fingerprint density at radius 3 is 2.33 bits per heavy atom. The summed E-state index contributed by atoms with van der Waals surface area (Å²) in [5, 5.41) is 0. The second-order valence-corrected chi connectivity index (χ2v) is 8.55. The Morgan fingerprint density at radius 2 is 1.90 bits per heavy atom. The zero-order valence-electron chi connectivity index (χ0n) is 14.2. The molecule has 0 spiro atoms. The topological polar surface area (TPSA) is 32.5 Å². The normalized spacial score (nSPS) is 20.1. The minimum absolute atomic E-state index is 0.236. The number of nitrogens with zero attached hydrogens (tertiary/aromatic N) is 2. The van der Waals surface area contributed by atoms with Crippen molar-refractivity contribution < 1.29 is 0 Å². The van der Waals surface area contributed by atoms with E-state index in [-0.39, 0.29) is 5.41 Å². The summed E-state index contributed by atoms with van der Waals surface area (Å²) in [6, 6.07) is 5.71. The van der Waals surface area contributed by atoms with Crippen LogP contribution in [0.15, 0.2) is 12.1 Å². The van der Waals surface area contributed by atoms with E-state index in [1.54, 1.807) is 0 Å². The van der Waals surface area contributed by atoms with Gasteiger partial charge in [-0.15, -0.1) is 11.3 Å². The van der Waals surface area contributed by atoms with E-state index in [0.717, 1.165) is 25.7 Å². The molecule has 1 saturated heterocycles. The number of hydrogen-bond acceptors (Lipinski definition) is 4. The van der Waals surface area contributed by atoms with Gasteiger partial charge in [0.05, 0.1) is 6.04 Å². The molecule has 0 amide bonds. The van der Waals surface area contributed by atoms with Crippen LogP contribution in [0.25, 0.3) is 0 Å². The van der Waals surface area contributed by atoms with Crippen molar-refractivity contribution in [2.45, 2.75) is 51.1 Å². The molecule has 0 saturated carbocycles. The third-order valence-electron chi connectivity index (χ3n) is 4.59. The van der Waals surface area contributed by atoms with Crippen LogP contribution < -0.4 is 5.73 Å². The number of hydrogen-bond donors (Lipinski definition) is 1. The maximum Gasteiger partial charge on any atom is 0.0564 e. The lowest BCUT2D eigenvalue weighted by molar-refractivity contribution is 0.112. The van der Waals surface area contributed by atoms with E-state index in [1.165, 1.54) is 22.6 Å². The summed E-state index contributed by atoms with van der Waals surface area (Å²) in [5.74, 6) is 0. The van der Waals surface area contributed by atoms with Crippen LogP contribution in [0.2, 0.25) is 0 Å². The lowest BCUT2D eigenvalue weighted by atomic mass is 9.95. The highest BCUT2D eigenvalue weighted by molar-refractivity contribution is 7.12. The molecule has 1 aromatic heterocycles. The number of likely N-dealkylation sites (tertiary alicyclic amines) is 1. The van der Waals surface area contributed by atoms with Crippen molar-refractivity contribution in [1.29, 1.82) is 0 Å². The van der Waals surface area contributed by atoms with Crippen LogP contribution in [-0.4, -0.2) is 49.6 Å². The zero-order valence-corrected chi connectivity index (χ0v) is 15.0. The van der Waals surface area contributed by atoms with Crippen molar-refractivity contribution in [2.24, 2.45) is 5.73 Å². The molecule has 4 heteroatoms. The van der Waals surface area contributed by atoms with Crippen LogP contribution in [0.5, 0.6) is 0 Å². The van der Waals surface area contributed by atoms with Crippen LogP contribution in [0.4, 0.5) is 0 Å². The van der Waals surface area contributed by atoms with Gasteiger partial charge in [-0.25, -0.2) is 0 Å². The van der Waals surface area contributed by atoms with E-state index >= 15 is 0 Å². The molecule has 3 nitrogen and oxygen atoms in total. The van der Waals surface area contributed by atoms with Gasteiger partial charge in [-0.1, -0.05) is 20.8 Å². The van der Waals surface area contributed by atoms with Gasteiger partial charge in [-0.2, -0.15) is 0 Å². The highest BCUT2D eigenvalue weighted by Gasteiger charge is 2.28.